The number of nitrogens with one attached hydrogen (secondary N) is 2. The summed E-state index contributed by atoms with van der Waals surface area (Å²) >= 11 is 0. The first-order chi connectivity index (χ1) is 13.6. The number of aliphatic hydroxyl groups excluding tert-OH is 4. The Morgan fingerprint density at radius 1 is 0.742 bits per heavy atom. The van der Waals surface area contributed by atoms with Gasteiger partial charge in [0.25, 0.3) is 0 Å². The van der Waals surface area contributed by atoms with Crippen LogP contribution < -0.4 is 20.8 Å². The van der Waals surface area contributed by atoms with Crippen LogP contribution >= 0.6 is 0 Å². The third kappa shape index (κ3) is 14.9. The average Bonchev–Trinajstić information content (AvgIpc) is 2.66. The third-order valence-corrected chi connectivity index (χ3v) is 4.05. The zero-order chi connectivity index (χ0) is 24.1. The molecule has 0 heterocycles. The standard InChI is InChI=1S/2C9H17NO5.Zn/c2*1-9(2,5-11)7(14)8(15)10-4-3-6(12)13;/h2*7,11,14H,3-5H2,1-2H3,(H,10,15)(H,12,13);/q;;+2/p-2/t2*7-;/m00./s1. The van der Waals surface area contributed by atoms with Gasteiger partial charge < -0.3 is 50.9 Å². The molecule has 0 saturated carbocycles. The van der Waals surface area contributed by atoms with Gasteiger partial charge in [0, 0.05) is 48.7 Å². The summed E-state index contributed by atoms with van der Waals surface area (Å²) in [5, 5.41) is 61.3. The van der Waals surface area contributed by atoms with Gasteiger partial charge in [0.05, 0.1) is 13.2 Å². The molecule has 176 valence electrons. The number of carboxylic acids is 2. The number of amides is 2. The van der Waals surface area contributed by atoms with Crippen LogP contribution in [-0.4, -0.2) is 82.7 Å². The zero-order valence-corrected chi connectivity index (χ0v) is 21.3. The van der Waals surface area contributed by atoms with Crippen LogP contribution in [0.2, 0.25) is 0 Å². The second-order valence-electron chi connectivity index (χ2n) is 7.92. The normalized spacial score (nSPS) is 12.9. The number of hydrogen-bond acceptors (Lipinski definition) is 10. The molecule has 0 fully saturated rings. The van der Waals surface area contributed by atoms with Crippen LogP contribution in [0, 0.1) is 10.8 Å². The molecule has 0 aliphatic heterocycles. The van der Waals surface area contributed by atoms with Crippen molar-refractivity contribution in [2.24, 2.45) is 10.8 Å². The fourth-order valence-corrected chi connectivity index (χ4v) is 1.65. The van der Waals surface area contributed by atoms with E-state index in [9.17, 15) is 39.6 Å². The Labute approximate surface area is 193 Å². The quantitative estimate of drug-likeness (QED) is 0.140. The summed E-state index contributed by atoms with van der Waals surface area (Å²) in [4.78, 5) is 42.6. The molecule has 0 aromatic carbocycles. The maximum atomic E-state index is 11.2. The summed E-state index contributed by atoms with van der Waals surface area (Å²) in [5.74, 6) is -3.94. The maximum absolute atomic E-state index is 11.2. The SMILES string of the molecule is CC(C)(CO)[C@@H](O)C(=O)NCCC(=O)[O-].CC(C)(CO)[C@@H](O)C(=O)NCCC(=O)[O-].[Zn+2]. The number of rotatable bonds is 12. The van der Waals surface area contributed by atoms with Crippen molar-refractivity contribution in [3.8, 4) is 0 Å². The molecule has 31 heavy (non-hydrogen) atoms. The van der Waals surface area contributed by atoms with Crippen LogP contribution in [0.5, 0.6) is 0 Å². The molecule has 12 nitrogen and oxygen atoms in total. The molecule has 0 aliphatic rings. The minimum Gasteiger partial charge on any atom is -0.550 e. The Morgan fingerprint density at radius 2 is 1.00 bits per heavy atom. The Kier molecular flexibility index (Phi) is 17.6. The van der Waals surface area contributed by atoms with Crippen LogP contribution in [0.3, 0.4) is 0 Å². The third-order valence-electron chi connectivity index (χ3n) is 4.05. The van der Waals surface area contributed by atoms with Gasteiger partial charge in [0.15, 0.2) is 0 Å². The van der Waals surface area contributed by atoms with E-state index >= 15 is 0 Å². The van der Waals surface area contributed by atoms with E-state index in [4.69, 9.17) is 10.2 Å². The summed E-state index contributed by atoms with van der Waals surface area (Å²) in [6.07, 6.45) is -3.36. The minimum atomic E-state index is -1.37. The summed E-state index contributed by atoms with van der Waals surface area (Å²) in [6, 6.07) is 0. The number of carbonyl (C=O) groups is 4. The van der Waals surface area contributed by atoms with E-state index in [-0.39, 0.29) is 58.6 Å². The number of hydrogen-bond donors (Lipinski definition) is 6. The topological polar surface area (TPSA) is 219 Å². The second kappa shape index (κ2) is 16.0. The number of aliphatic hydroxyl groups is 4. The number of aliphatic carboxylic acids is 2. The number of carboxylic acid groups (broad SMARTS) is 2. The monoisotopic (exact) mass is 500 g/mol. The van der Waals surface area contributed by atoms with Crippen LogP contribution in [0.15, 0.2) is 0 Å². The van der Waals surface area contributed by atoms with Gasteiger partial charge in [-0.1, -0.05) is 27.7 Å². The molecule has 0 radical (unpaired) electrons. The van der Waals surface area contributed by atoms with Crippen molar-refractivity contribution in [3.63, 3.8) is 0 Å². The summed E-state index contributed by atoms with van der Waals surface area (Å²) in [7, 11) is 0. The minimum absolute atomic E-state index is 0. The fraction of sp³-hybridized carbons (Fsp3) is 0.778. The van der Waals surface area contributed by atoms with E-state index in [1.807, 2.05) is 0 Å². The van der Waals surface area contributed by atoms with Gasteiger partial charge in [0.2, 0.25) is 11.8 Å². The van der Waals surface area contributed by atoms with Crippen molar-refractivity contribution in [3.05, 3.63) is 0 Å². The molecule has 0 spiro atoms. The molecule has 0 aromatic heterocycles. The van der Waals surface area contributed by atoms with E-state index in [1.165, 1.54) is 27.7 Å². The molecular weight excluding hydrogens is 470 g/mol. The first kappa shape index (κ1) is 34.0. The molecule has 0 saturated heterocycles. The molecular formula is C18H32N2O10Zn. The van der Waals surface area contributed by atoms with Gasteiger partial charge in [-0.25, -0.2) is 0 Å². The van der Waals surface area contributed by atoms with E-state index < -0.39 is 46.8 Å². The molecule has 2 amide bonds. The molecule has 0 bridgehead atoms. The Bertz CT molecular complexity index is 534. The Balaban J connectivity index is -0.000000490. The van der Waals surface area contributed by atoms with Crippen molar-refractivity contribution in [2.75, 3.05) is 26.3 Å². The predicted octanol–water partition coefficient (Wildman–Crippen LogP) is -4.76. The first-order valence-electron chi connectivity index (χ1n) is 9.15. The van der Waals surface area contributed by atoms with Crippen LogP contribution in [-0.2, 0) is 38.7 Å². The summed E-state index contributed by atoms with van der Waals surface area (Å²) < 4.78 is 0. The molecule has 0 rings (SSSR count). The molecule has 2 atom stereocenters. The van der Waals surface area contributed by atoms with E-state index in [0.717, 1.165) is 0 Å². The molecule has 0 aromatic rings. The zero-order valence-electron chi connectivity index (χ0n) is 18.3. The van der Waals surface area contributed by atoms with Crippen molar-refractivity contribution in [1.82, 2.24) is 10.6 Å². The molecule has 13 heteroatoms. The average molecular weight is 502 g/mol. The van der Waals surface area contributed by atoms with Gasteiger partial charge in [-0.05, 0) is 0 Å². The molecule has 6 N–H and O–H groups in total. The van der Waals surface area contributed by atoms with Gasteiger partial charge >= 0.3 is 19.5 Å². The van der Waals surface area contributed by atoms with Gasteiger partial charge in [-0.2, -0.15) is 0 Å². The van der Waals surface area contributed by atoms with Crippen LogP contribution in [0.4, 0.5) is 0 Å². The van der Waals surface area contributed by atoms with Crippen LogP contribution in [0.25, 0.3) is 0 Å². The summed E-state index contributed by atoms with van der Waals surface area (Å²) in [5.41, 5.74) is -1.91. The van der Waals surface area contributed by atoms with Gasteiger partial charge in [-0.3, -0.25) is 9.59 Å². The summed E-state index contributed by atoms with van der Waals surface area (Å²) in [6.45, 7) is 5.21. The number of carbonyl (C=O) groups excluding carboxylic acids is 4. The van der Waals surface area contributed by atoms with Crippen molar-refractivity contribution in [2.45, 2.75) is 52.7 Å². The van der Waals surface area contributed by atoms with Gasteiger partial charge in [-0.15, -0.1) is 0 Å². The van der Waals surface area contributed by atoms with Crippen molar-refractivity contribution in [1.29, 1.82) is 0 Å². The maximum Gasteiger partial charge on any atom is 2.00 e. The Morgan fingerprint density at radius 3 is 1.19 bits per heavy atom. The first-order valence-corrected chi connectivity index (χ1v) is 9.15. The van der Waals surface area contributed by atoms with Gasteiger partial charge in [0.1, 0.15) is 12.2 Å². The van der Waals surface area contributed by atoms with E-state index in [1.54, 1.807) is 0 Å². The molecule has 0 aliphatic carbocycles. The van der Waals surface area contributed by atoms with Crippen molar-refractivity contribution >= 4 is 23.8 Å². The smallest absolute Gasteiger partial charge is 0.550 e. The predicted molar refractivity (Wildman–Crippen MR) is 99.0 cm³/mol. The fourth-order valence-electron chi connectivity index (χ4n) is 1.65. The van der Waals surface area contributed by atoms with E-state index in [0.29, 0.717) is 0 Å². The second-order valence-corrected chi connectivity index (χ2v) is 7.92. The van der Waals surface area contributed by atoms with Crippen molar-refractivity contribution < 1.29 is 69.3 Å². The largest absolute Gasteiger partial charge is 2.00 e. The van der Waals surface area contributed by atoms with E-state index in [2.05, 4.69) is 10.6 Å². The Hall–Kier alpha value is -1.66. The molecule has 0 unspecified atom stereocenters. The van der Waals surface area contributed by atoms with Crippen LogP contribution in [0.1, 0.15) is 40.5 Å².